The monoisotopic (exact) mass is 195 g/mol. The molecule has 0 heterocycles. The molecule has 0 spiro atoms. The van der Waals surface area contributed by atoms with Crippen LogP contribution in [0.25, 0.3) is 0 Å². The van der Waals surface area contributed by atoms with Gasteiger partial charge in [-0.25, -0.2) is 0 Å². The van der Waals surface area contributed by atoms with E-state index in [-0.39, 0.29) is 0 Å². The fourth-order valence-electron chi connectivity index (χ4n) is 2.19. The van der Waals surface area contributed by atoms with Gasteiger partial charge in [0.2, 0.25) is 0 Å². The summed E-state index contributed by atoms with van der Waals surface area (Å²) >= 11 is 0. The van der Waals surface area contributed by atoms with E-state index in [2.05, 4.69) is 39.2 Å². The summed E-state index contributed by atoms with van der Waals surface area (Å²) in [7, 11) is 0. The normalized spacial score (nSPS) is 26.5. The van der Waals surface area contributed by atoms with E-state index in [0.717, 1.165) is 11.7 Å². The SMILES string of the molecule is C=NOC(=C)C1CC(CC(C)(C)C)C1. The molecule has 0 aromatic heterocycles. The molecular weight excluding hydrogens is 174 g/mol. The van der Waals surface area contributed by atoms with Crippen molar-refractivity contribution in [2.45, 2.75) is 40.0 Å². The van der Waals surface area contributed by atoms with E-state index < -0.39 is 0 Å². The highest BCUT2D eigenvalue weighted by Crippen LogP contribution is 2.44. The van der Waals surface area contributed by atoms with Gasteiger partial charge in [-0.05, 0) is 30.6 Å². The lowest BCUT2D eigenvalue weighted by Gasteiger charge is -2.38. The van der Waals surface area contributed by atoms with Gasteiger partial charge in [0.15, 0.2) is 0 Å². The first-order valence-electron chi connectivity index (χ1n) is 5.24. The van der Waals surface area contributed by atoms with Crippen molar-refractivity contribution in [2.24, 2.45) is 22.4 Å². The Hall–Kier alpha value is -0.790. The van der Waals surface area contributed by atoms with Crippen LogP contribution in [0.1, 0.15) is 40.0 Å². The van der Waals surface area contributed by atoms with Gasteiger partial charge < -0.3 is 4.84 Å². The number of allylic oxidation sites excluding steroid dienone is 1. The van der Waals surface area contributed by atoms with Crippen LogP contribution >= 0.6 is 0 Å². The van der Waals surface area contributed by atoms with Crippen molar-refractivity contribution in [1.82, 2.24) is 0 Å². The molecule has 1 saturated carbocycles. The number of hydrogen-bond donors (Lipinski definition) is 0. The van der Waals surface area contributed by atoms with Crippen LogP contribution in [0.2, 0.25) is 0 Å². The second-order valence-corrected chi connectivity index (χ2v) is 5.49. The molecule has 0 unspecified atom stereocenters. The molecule has 2 heteroatoms. The smallest absolute Gasteiger partial charge is 0.130 e. The highest BCUT2D eigenvalue weighted by molar-refractivity contribution is 5.21. The Bertz CT molecular complexity index is 221. The van der Waals surface area contributed by atoms with Gasteiger partial charge in [-0.15, -0.1) is 0 Å². The highest BCUT2D eigenvalue weighted by Gasteiger charge is 2.34. The van der Waals surface area contributed by atoms with Gasteiger partial charge in [0, 0.05) is 12.6 Å². The number of nitrogens with zero attached hydrogens (tertiary/aromatic N) is 1. The molecule has 1 fully saturated rings. The third-order valence-electron chi connectivity index (χ3n) is 2.77. The zero-order valence-electron chi connectivity index (χ0n) is 9.55. The van der Waals surface area contributed by atoms with Crippen LogP contribution in [0.5, 0.6) is 0 Å². The van der Waals surface area contributed by atoms with E-state index in [1.54, 1.807) is 0 Å². The van der Waals surface area contributed by atoms with E-state index in [1.165, 1.54) is 19.3 Å². The molecule has 1 aliphatic carbocycles. The van der Waals surface area contributed by atoms with Gasteiger partial charge in [-0.1, -0.05) is 32.5 Å². The first-order valence-corrected chi connectivity index (χ1v) is 5.24. The standard InChI is InChI=1S/C12H21NO/c1-9(14-13-5)11-6-10(7-11)8-12(2,3)4/h10-11H,1,5-8H2,2-4H3. The molecule has 0 atom stereocenters. The van der Waals surface area contributed by atoms with Crippen LogP contribution < -0.4 is 0 Å². The summed E-state index contributed by atoms with van der Waals surface area (Å²) in [4.78, 5) is 4.94. The largest absolute Gasteiger partial charge is 0.362 e. The zero-order chi connectivity index (χ0) is 10.8. The summed E-state index contributed by atoms with van der Waals surface area (Å²) in [5.41, 5.74) is 0.439. The molecule has 80 valence electrons. The Morgan fingerprint density at radius 2 is 2.00 bits per heavy atom. The van der Waals surface area contributed by atoms with Crippen molar-refractivity contribution < 1.29 is 4.84 Å². The molecule has 0 bridgehead atoms. The molecule has 0 aromatic carbocycles. The third kappa shape index (κ3) is 3.17. The van der Waals surface area contributed by atoms with Crippen LogP contribution in [-0.2, 0) is 4.84 Å². The summed E-state index contributed by atoms with van der Waals surface area (Å²) in [5.74, 6) is 2.13. The second-order valence-electron chi connectivity index (χ2n) is 5.49. The summed E-state index contributed by atoms with van der Waals surface area (Å²) in [6.07, 6.45) is 3.69. The topological polar surface area (TPSA) is 21.6 Å². The van der Waals surface area contributed by atoms with Gasteiger partial charge in [-0.3, -0.25) is 0 Å². The lowest BCUT2D eigenvalue weighted by molar-refractivity contribution is 0.0936. The minimum Gasteiger partial charge on any atom is -0.362 e. The maximum absolute atomic E-state index is 4.94. The molecular formula is C12H21NO. The molecule has 1 aliphatic rings. The van der Waals surface area contributed by atoms with Gasteiger partial charge in [0.1, 0.15) is 5.76 Å². The van der Waals surface area contributed by atoms with Crippen molar-refractivity contribution in [2.75, 3.05) is 0 Å². The highest BCUT2D eigenvalue weighted by atomic mass is 16.6. The minimum absolute atomic E-state index is 0.439. The Labute approximate surface area is 87.0 Å². The van der Waals surface area contributed by atoms with Gasteiger partial charge in [-0.2, -0.15) is 0 Å². The number of hydrogen-bond acceptors (Lipinski definition) is 2. The first kappa shape index (κ1) is 11.3. The van der Waals surface area contributed by atoms with Crippen LogP contribution in [0, 0.1) is 17.3 Å². The molecule has 0 radical (unpaired) electrons. The maximum atomic E-state index is 4.94. The van der Waals surface area contributed by atoms with Crippen molar-refractivity contribution in [1.29, 1.82) is 0 Å². The van der Waals surface area contributed by atoms with E-state index in [0.29, 0.717) is 11.3 Å². The molecule has 0 saturated heterocycles. The molecule has 2 nitrogen and oxygen atoms in total. The van der Waals surface area contributed by atoms with Crippen molar-refractivity contribution in [3.05, 3.63) is 12.3 Å². The molecule has 0 amide bonds. The average molecular weight is 195 g/mol. The molecule has 0 aromatic rings. The quantitative estimate of drug-likeness (QED) is 0.381. The predicted molar refractivity (Wildman–Crippen MR) is 60.1 cm³/mol. The lowest BCUT2D eigenvalue weighted by atomic mass is 9.68. The van der Waals surface area contributed by atoms with Crippen molar-refractivity contribution in [3.8, 4) is 0 Å². The Morgan fingerprint density at radius 1 is 1.43 bits per heavy atom. The van der Waals surface area contributed by atoms with Crippen molar-refractivity contribution >= 4 is 6.72 Å². The zero-order valence-corrected chi connectivity index (χ0v) is 9.55. The Kier molecular flexibility index (Phi) is 3.35. The van der Waals surface area contributed by atoms with Crippen molar-refractivity contribution in [3.63, 3.8) is 0 Å². The molecule has 0 N–H and O–H groups in total. The van der Waals surface area contributed by atoms with Gasteiger partial charge >= 0.3 is 0 Å². The predicted octanol–water partition coefficient (Wildman–Crippen LogP) is 3.59. The summed E-state index contributed by atoms with van der Waals surface area (Å²) in [6, 6.07) is 0. The minimum atomic E-state index is 0.439. The summed E-state index contributed by atoms with van der Waals surface area (Å²) < 4.78 is 0. The van der Waals surface area contributed by atoms with E-state index in [1.807, 2.05) is 0 Å². The Morgan fingerprint density at radius 3 is 2.43 bits per heavy atom. The average Bonchev–Trinajstić information content (AvgIpc) is 1.94. The number of rotatable bonds is 4. The summed E-state index contributed by atoms with van der Waals surface area (Å²) in [6.45, 7) is 14.0. The second kappa shape index (κ2) is 4.16. The summed E-state index contributed by atoms with van der Waals surface area (Å²) in [5, 5.41) is 3.39. The van der Waals surface area contributed by atoms with E-state index >= 15 is 0 Å². The van der Waals surface area contributed by atoms with E-state index in [4.69, 9.17) is 4.84 Å². The molecule has 14 heavy (non-hydrogen) atoms. The lowest BCUT2D eigenvalue weighted by Crippen LogP contribution is -2.28. The fourth-order valence-corrected chi connectivity index (χ4v) is 2.19. The number of oxime groups is 1. The van der Waals surface area contributed by atoms with Gasteiger partial charge in [0.05, 0.1) is 0 Å². The molecule has 1 rings (SSSR count). The molecule has 0 aliphatic heterocycles. The van der Waals surface area contributed by atoms with Crippen LogP contribution in [0.15, 0.2) is 17.5 Å². The first-order chi connectivity index (χ1) is 6.42. The Balaban J connectivity index is 2.23. The fraction of sp³-hybridized carbons (Fsp3) is 0.750. The maximum Gasteiger partial charge on any atom is 0.130 e. The third-order valence-corrected chi connectivity index (χ3v) is 2.77. The van der Waals surface area contributed by atoms with Crippen LogP contribution in [0.4, 0.5) is 0 Å². The van der Waals surface area contributed by atoms with Gasteiger partial charge in [0.25, 0.3) is 0 Å². The van der Waals surface area contributed by atoms with Crippen LogP contribution in [-0.4, -0.2) is 6.72 Å². The van der Waals surface area contributed by atoms with Crippen LogP contribution in [0.3, 0.4) is 0 Å². The van der Waals surface area contributed by atoms with E-state index in [9.17, 15) is 0 Å².